The molecule has 0 saturated carbocycles. The number of carbonyl (C=O) groups is 1. The summed E-state index contributed by atoms with van der Waals surface area (Å²) in [5.41, 5.74) is 2.40. The summed E-state index contributed by atoms with van der Waals surface area (Å²) in [6.07, 6.45) is 1.20. The van der Waals surface area contributed by atoms with Gasteiger partial charge in [-0.15, -0.1) is 0 Å². The highest BCUT2D eigenvalue weighted by Crippen LogP contribution is 2.10. The van der Waals surface area contributed by atoms with Crippen LogP contribution in [0.2, 0.25) is 0 Å². The quantitative estimate of drug-likeness (QED) is 0.722. The van der Waals surface area contributed by atoms with E-state index in [1.165, 1.54) is 16.0 Å². The first-order valence-corrected chi connectivity index (χ1v) is 5.30. The Morgan fingerprint density at radius 2 is 2.12 bits per heavy atom. The van der Waals surface area contributed by atoms with Crippen LogP contribution in [0.1, 0.15) is 17.5 Å². The van der Waals surface area contributed by atoms with E-state index in [9.17, 15) is 4.79 Å². The molecule has 3 heteroatoms. The van der Waals surface area contributed by atoms with Gasteiger partial charge in [-0.2, -0.15) is 5.26 Å². The average Bonchev–Trinajstić information content (AvgIpc) is 2.28. The lowest BCUT2D eigenvalue weighted by Gasteiger charge is -2.13. The number of nitrogens with zero attached hydrogens (tertiary/aromatic N) is 2. The molecule has 0 unspecified atom stereocenters. The van der Waals surface area contributed by atoms with Gasteiger partial charge in [0.25, 0.3) is 0 Å². The Bertz CT molecular complexity index is 407. The highest BCUT2D eigenvalue weighted by Gasteiger charge is 2.08. The minimum absolute atomic E-state index is 0.0183. The van der Waals surface area contributed by atoms with Gasteiger partial charge in [0.2, 0.25) is 5.91 Å². The number of amides is 1. The Morgan fingerprint density at radius 1 is 1.44 bits per heavy atom. The molecule has 0 aliphatic rings. The van der Waals surface area contributed by atoms with Gasteiger partial charge >= 0.3 is 0 Å². The SMILES string of the molecule is Cc1ccccc1CCC(=O)N(C)CC#N. The summed E-state index contributed by atoms with van der Waals surface area (Å²) in [5.74, 6) is 0.0183. The van der Waals surface area contributed by atoms with E-state index in [-0.39, 0.29) is 12.5 Å². The van der Waals surface area contributed by atoms with Crippen molar-refractivity contribution < 1.29 is 4.79 Å². The molecule has 84 valence electrons. The van der Waals surface area contributed by atoms with E-state index in [4.69, 9.17) is 5.26 Å². The highest BCUT2D eigenvalue weighted by atomic mass is 16.2. The zero-order valence-corrected chi connectivity index (χ0v) is 9.73. The molecule has 0 bridgehead atoms. The van der Waals surface area contributed by atoms with Gasteiger partial charge in [-0.25, -0.2) is 0 Å². The average molecular weight is 216 g/mol. The maximum atomic E-state index is 11.6. The van der Waals surface area contributed by atoms with Crippen molar-refractivity contribution in [3.05, 3.63) is 35.4 Å². The van der Waals surface area contributed by atoms with Crippen LogP contribution in [-0.2, 0) is 11.2 Å². The molecule has 0 radical (unpaired) electrons. The molecule has 0 aliphatic heterocycles. The van der Waals surface area contributed by atoms with Crippen molar-refractivity contribution in [1.29, 1.82) is 5.26 Å². The molecule has 1 rings (SSSR count). The molecule has 1 aromatic rings. The minimum Gasteiger partial charge on any atom is -0.332 e. The van der Waals surface area contributed by atoms with Crippen molar-refractivity contribution in [2.75, 3.05) is 13.6 Å². The predicted octanol–water partition coefficient (Wildman–Crippen LogP) is 1.91. The van der Waals surface area contributed by atoms with Crippen molar-refractivity contribution in [3.63, 3.8) is 0 Å². The molecule has 0 saturated heterocycles. The summed E-state index contributed by atoms with van der Waals surface area (Å²) < 4.78 is 0. The van der Waals surface area contributed by atoms with E-state index >= 15 is 0 Å². The highest BCUT2D eigenvalue weighted by molar-refractivity contribution is 5.76. The lowest BCUT2D eigenvalue weighted by molar-refractivity contribution is -0.129. The fraction of sp³-hybridized carbons (Fsp3) is 0.385. The van der Waals surface area contributed by atoms with Gasteiger partial charge in [0, 0.05) is 13.5 Å². The second-order valence-corrected chi connectivity index (χ2v) is 3.83. The first-order valence-electron chi connectivity index (χ1n) is 5.30. The Kier molecular flexibility index (Phi) is 4.53. The standard InChI is InChI=1S/C13H16N2O/c1-11-5-3-4-6-12(11)7-8-13(16)15(2)10-9-14/h3-6H,7-8,10H2,1-2H3. The first kappa shape index (κ1) is 12.3. The largest absolute Gasteiger partial charge is 0.332 e. The van der Waals surface area contributed by atoms with Crippen molar-refractivity contribution in [3.8, 4) is 6.07 Å². The molecular weight excluding hydrogens is 200 g/mol. The van der Waals surface area contributed by atoms with Gasteiger partial charge in [-0.3, -0.25) is 4.79 Å². The van der Waals surface area contributed by atoms with Crippen molar-refractivity contribution in [2.45, 2.75) is 19.8 Å². The topological polar surface area (TPSA) is 44.1 Å². The summed E-state index contributed by atoms with van der Waals surface area (Å²) in [5, 5.41) is 8.47. The smallest absolute Gasteiger partial charge is 0.223 e. The Labute approximate surface area is 96.3 Å². The van der Waals surface area contributed by atoms with E-state index in [0.717, 1.165) is 6.42 Å². The van der Waals surface area contributed by atoms with E-state index < -0.39 is 0 Å². The van der Waals surface area contributed by atoms with Crippen LogP contribution in [-0.4, -0.2) is 24.4 Å². The zero-order chi connectivity index (χ0) is 12.0. The Hall–Kier alpha value is -1.82. The first-order chi connectivity index (χ1) is 7.65. The summed E-state index contributed by atoms with van der Waals surface area (Å²) in [6.45, 7) is 2.20. The zero-order valence-electron chi connectivity index (χ0n) is 9.73. The van der Waals surface area contributed by atoms with Gasteiger partial charge < -0.3 is 4.90 Å². The van der Waals surface area contributed by atoms with Gasteiger partial charge in [-0.1, -0.05) is 24.3 Å². The molecule has 0 heterocycles. The fourth-order valence-electron chi connectivity index (χ4n) is 1.52. The predicted molar refractivity (Wildman–Crippen MR) is 62.8 cm³/mol. The molecule has 3 nitrogen and oxygen atoms in total. The normalized spacial score (nSPS) is 9.56. The van der Waals surface area contributed by atoms with Gasteiger partial charge in [-0.05, 0) is 24.5 Å². The molecule has 0 N–H and O–H groups in total. The third kappa shape index (κ3) is 3.39. The lowest BCUT2D eigenvalue weighted by Crippen LogP contribution is -2.27. The molecule has 0 aliphatic carbocycles. The van der Waals surface area contributed by atoms with Crippen molar-refractivity contribution >= 4 is 5.91 Å². The van der Waals surface area contributed by atoms with E-state index in [2.05, 4.69) is 0 Å². The van der Waals surface area contributed by atoms with Gasteiger partial charge in [0.05, 0.1) is 6.07 Å². The Morgan fingerprint density at radius 3 is 2.75 bits per heavy atom. The molecular formula is C13H16N2O. The third-order valence-electron chi connectivity index (χ3n) is 2.60. The number of nitriles is 1. The fourth-order valence-corrected chi connectivity index (χ4v) is 1.52. The van der Waals surface area contributed by atoms with Crippen LogP contribution in [0.5, 0.6) is 0 Å². The van der Waals surface area contributed by atoms with Crippen LogP contribution in [0.4, 0.5) is 0 Å². The minimum atomic E-state index is 0.0183. The van der Waals surface area contributed by atoms with Gasteiger partial charge in [0.1, 0.15) is 6.54 Å². The number of carbonyl (C=O) groups excluding carboxylic acids is 1. The second kappa shape index (κ2) is 5.92. The van der Waals surface area contributed by atoms with Crippen LogP contribution in [0.25, 0.3) is 0 Å². The molecule has 0 atom stereocenters. The number of hydrogen-bond acceptors (Lipinski definition) is 2. The van der Waals surface area contributed by atoms with Crippen LogP contribution in [0, 0.1) is 18.3 Å². The molecule has 1 aromatic carbocycles. The van der Waals surface area contributed by atoms with E-state index in [0.29, 0.717) is 6.42 Å². The van der Waals surface area contributed by atoms with E-state index in [1.807, 2.05) is 37.3 Å². The summed E-state index contributed by atoms with van der Waals surface area (Å²) in [6, 6.07) is 10.0. The molecule has 0 spiro atoms. The number of hydrogen-bond donors (Lipinski definition) is 0. The van der Waals surface area contributed by atoms with Crippen LogP contribution < -0.4 is 0 Å². The molecule has 0 fully saturated rings. The summed E-state index contributed by atoms with van der Waals surface area (Å²) in [7, 11) is 1.66. The second-order valence-electron chi connectivity index (χ2n) is 3.83. The molecule has 0 aromatic heterocycles. The van der Waals surface area contributed by atoms with Crippen molar-refractivity contribution in [1.82, 2.24) is 4.90 Å². The third-order valence-corrected chi connectivity index (χ3v) is 2.60. The Balaban J connectivity index is 2.50. The maximum absolute atomic E-state index is 11.6. The number of rotatable bonds is 4. The molecule has 1 amide bonds. The monoisotopic (exact) mass is 216 g/mol. The maximum Gasteiger partial charge on any atom is 0.223 e. The van der Waals surface area contributed by atoms with Crippen molar-refractivity contribution in [2.24, 2.45) is 0 Å². The van der Waals surface area contributed by atoms with Crippen LogP contribution in [0.15, 0.2) is 24.3 Å². The number of benzene rings is 1. The number of aryl methyl sites for hydroxylation is 2. The summed E-state index contributed by atoms with van der Waals surface area (Å²) >= 11 is 0. The van der Waals surface area contributed by atoms with E-state index in [1.54, 1.807) is 7.05 Å². The van der Waals surface area contributed by atoms with Crippen LogP contribution >= 0.6 is 0 Å². The van der Waals surface area contributed by atoms with Crippen LogP contribution in [0.3, 0.4) is 0 Å². The molecule has 16 heavy (non-hydrogen) atoms. The van der Waals surface area contributed by atoms with Gasteiger partial charge in [0.15, 0.2) is 0 Å². The lowest BCUT2D eigenvalue weighted by atomic mass is 10.0. The summed E-state index contributed by atoms with van der Waals surface area (Å²) in [4.78, 5) is 13.0.